The number of nitrogens with one attached hydrogen (secondary N) is 1. The molecule has 0 radical (unpaired) electrons. The molecule has 20 heavy (non-hydrogen) atoms. The molecule has 1 heterocycles. The first-order valence-electron chi connectivity index (χ1n) is 6.63. The topological polar surface area (TPSA) is 29.9 Å². The van der Waals surface area contributed by atoms with Gasteiger partial charge in [-0.2, -0.15) is 5.10 Å². The Labute approximate surface area is 129 Å². The van der Waals surface area contributed by atoms with Crippen LogP contribution in [0.5, 0.6) is 0 Å². The van der Waals surface area contributed by atoms with Gasteiger partial charge < -0.3 is 5.32 Å². The first kappa shape index (κ1) is 15.4. The first-order chi connectivity index (χ1) is 9.60. The van der Waals surface area contributed by atoms with E-state index in [9.17, 15) is 0 Å². The number of aromatic nitrogens is 2. The number of hydrogen-bond donors (Lipinski definition) is 1. The molecule has 1 N–H and O–H groups in total. The van der Waals surface area contributed by atoms with Crippen LogP contribution >= 0.6 is 23.4 Å². The highest BCUT2D eigenvalue weighted by atomic mass is 35.5. The SMILES string of the molecule is CNC(c1ccccc1SC)c1c(Cl)cnn1C(C)C. The molecule has 2 rings (SSSR count). The van der Waals surface area contributed by atoms with Gasteiger partial charge in [0, 0.05) is 10.9 Å². The molecule has 0 spiro atoms. The van der Waals surface area contributed by atoms with E-state index in [1.165, 1.54) is 10.5 Å². The Balaban J connectivity index is 2.55. The number of nitrogens with zero attached hydrogens (tertiary/aromatic N) is 2. The summed E-state index contributed by atoms with van der Waals surface area (Å²) in [5.41, 5.74) is 2.25. The molecule has 0 fully saturated rings. The highest BCUT2D eigenvalue weighted by Gasteiger charge is 2.23. The third-order valence-electron chi connectivity index (χ3n) is 3.29. The molecule has 3 nitrogen and oxygen atoms in total. The van der Waals surface area contributed by atoms with Crippen LogP contribution in [0.25, 0.3) is 0 Å². The second-order valence-electron chi connectivity index (χ2n) is 4.88. The van der Waals surface area contributed by atoms with Crippen molar-refractivity contribution in [2.24, 2.45) is 0 Å². The van der Waals surface area contributed by atoms with Crippen LogP contribution in [0.2, 0.25) is 5.02 Å². The van der Waals surface area contributed by atoms with E-state index < -0.39 is 0 Å². The van der Waals surface area contributed by atoms with Gasteiger partial charge in [0.2, 0.25) is 0 Å². The van der Waals surface area contributed by atoms with E-state index >= 15 is 0 Å². The van der Waals surface area contributed by atoms with Gasteiger partial charge in [0.05, 0.1) is 23.0 Å². The Bertz CT molecular complexity index is 580. The molecular weight excluding hydrogens is 290 g/mol. The number of rotatable bonds is 5. The number of thioether (sulfide) groups is 1. The lowest BCUT2D eigenvalue weighted by atomic mass is 10.0. The molecule has 108 valence electrons. The van der Waals surface area contributed by atoms with Crippen molar-refractivity contribution in [3.05, 3.63) is 46.7 Å². The molecule has 0 bridgehead atoms. The molecule has 1 unspecified atom stereocenters. The summed E-state index contributed by atoms with van der Waals surface area (Å²) in [4.78, 5) is 1.25. The normalized spacial score (nSPS) is 12.9. The summed E-state index contributed by atoms with van der Waals surface area (Å²) in [6.07, 6.45) is 3.82. The van der Waals surface area contributed by atoms with Crippen LogP contribution in [0.1, 0.15) is 37.2 Å². The fourth-order valence-electron chi connectivity index (χ4n) is 2.38. The zero-order valence-electron chi connectivity index (χ0n) is 12.2. The third kappa shape index (κ3) is 2.87. The summed E-state index contributed by atoms with van der Waals surface area (Å²) < 4.78 is 1.99. The predicted molar refractivity (Wildman–Crippen MR) is 86.7 cm³/mol. The van der Waals surface area contributed by atoms with Gasteiger partial charge in [-0.25, -0.2) is 0 Å². The monoisotopic (exact) mass is 309 g/mol. The summed E-state index contributed by atoms with van der Waals surface area (Å²) in [5, 5.41) is 8.48. The Morgan fingerprint density at radius 2 is 2.00 bits per heavy atom. The van der Waals surface area contributed by atoms with Crippen LogP contribution in [0.4, 0.5) is 0 Å². The van der Waals surface area contributed by atoms with Gasteiger partial charge in [-0.1, -0.05) is 29.8 Å². The van der Waals surface area contributed by atoms with Crippen LogP contribution in [0, 0.1) is 0 Å². The zero-order chi connectivity index (χ0) is 14.7. The minimum absolute atomic E-state index is 0.0380. The van der Waals surface area contributed by atoms with Gasteiger partial charge in [-0.15, -0.1) is 11.8 Å². The van der Waals surface area contributed by atoms with Gasteiger partial charge in [-0.3, -0.25) is 4.68 Å². The molecular formula is C15H20ClN3S. The van der Waals surface area contributed by atoms with Crippen LogP contribution in [-0.2, 0) is 0 Å². The maximum Gasteiger partial charge on any atom is 0.0837 e. The molecule has 0 aliphatic carbocycles. The van der Waals surface area contributed by atoms with Gasteiger partial charge in [-0.05, 0) is 38.8 Å². The summed E-state index contributed by atoms with van der Waals surface area (Å²) in [6.45, 7) is 4.22. The van der Waals surface area contributed by atoms with Crippen molar-refractivity contribution in [1.82, 2.24) is 15.1 Å². The molecule has 1 atom stereocenters. The molecule has 0 saturated heterocycles. The molecule has 1 aromatic heterocycles. The Morgan fingerprint density at radius 3 is 2.60 bits per heavy atom. The second-order valence-corrected chi connectivity index (χ2v) is 6.13. The standard InChI is InChI=1S/C15H20ClN3S/c1-10(2)19-15(12(16)9-18-19)14(17-3)11-7-5-6-8-13(11)20-4/h5-10,14,17H,1-4H3. The minimum Gasteiger partial charge on any atom is -0.308 e. The fraction of sp³-hybridized carbons (Fsp3) is 0.400. The molecule has 0 aliphatic heterocycles. The van der Waals surface area contributed by atoms with Crippen molar-refractivity contribution in [3.63, 3.8) is 0 Å². The largest absolute Gasteiger partial charge is 0.308 e. The Hall–Kier alpha value is -0.970. The van der Waals surface area contributed by atoms with E-state index in [0.29, 0.717) is 5.02 Å². The van der Waals surface area contributed by atoms with Crippen molar-refractivity contribution in [3.8, 4) is 0 Å². The van der Waals surface area contributed by atoms with E-state index in [2.05, 4.69) is 54.8 Å². The van der Waals surface area contributed by atoms with Gasteiger partial charge >= 0.3 is 0 Å². The van der Waals surface area contributed by atoms with Gasteiger partial charge in [0.1, 0.15) is 0 Å². The fourth-order valence-corrected chi connectivity index (χ4v) is 3.25. The second kappa shape index (κ2) is 6.66. The molecule has 2 aromatic rings. The van der Waals surface area contributed by atoms with Crippen molar-refractivity contribution in [2.45, 2.75) is 30.8 Å². The number of benzene rings is 1. The van der Waals surface area contributed by atoms with Crippen LogP contribution in [0.15, 0.2) is 35.4 Å². The minimum atomic E-state index is 0.0380. The number of halogens is 1. The lowest BCUT2D eigenvalue weighted by Gasteiger charge is -2.22. The Morgan fingerprint density at radius 1 is 1.30 bits per heavy atom. The first-order valence-corrected chi connectivity index (χ1v) is 8.23. The van der Waals surface area contributed by atoms with Crippen LogP contribution in [0.3, 0.4) is 0 Å². The average molecular weight is 310 g/mol. The smallest absolute Gasteiger partial charge is 0.0837 e. The Kier molecular flexibility index (Phi) is 5.13. The highest BCUT2D eigenvalue weighted by molar-refractivity contribution is 7.98. The predicted octanol–water partition coefficient (Wildman–Crippen LogP) is 4.15. The van der Waals surface area contributed by atoms with E-state index in [1.807, 2.05) is 11.7 Å². The van der Waals surface area contributed by atoms with E-state index in [-0.39, 0.29) is 12.1 Å². The molecule has 1 aromatic carbocycles. The summed E-state index contributed by atoms with van der Waals surface area (Å²) in [6, 6.07) is 8.70. The van der Waals surface area contributed by atoms with Crippen LogP contribution in [-0.4, -0.2) is 23.1 Å². The van der Waals surface area contributed by atoms with Crippen molar-refractivity contribution < 1.29 is 0 Å². The maximum atomic E-state index is 6.38. The summed E-state index contributed by atoms with van der Waals surface area (Å²) in [5.74, 6) is 0. The van der Waals surface area contributed by atoms with Gasteiger partial charge in [0.15, 0.2) is 0 Å². The van der Waals surface area contributed by atoms with Crippen molar-refractivity contribution >= 4 is 23.4 Å². The summed E-state index contributed by atoms with van der Waals surface area (Å²) in [7, 11) is 1.95. The van der Waals surface area contributed by atoms with Gasteiger partial charge in [0.25, 0.3) is 0 Å². The van der Waals surface area contributed by atoms with Crippen molar-refractivity contribution in [1.29, 1.82) is 0 Å². The van der Waals surface area contributed by atoms with Crippen LogP contribution < -0.4 is 5.32 Å². The van der Waals surface area contributed by atoms with E-state index in [4.69, 9.17) is 11.6 Å². The molecule has 0 saturated carbocycles. The molecule has 0 aliphatic rings. The van der Waals surface area contributed by atoms with E-state index in [0.717, 1.165) is 5.69 Å². The third-order valence-corrected chi connectivity index (χ3v) is 4.39. The van der Waals surface area contributed by atoms with E-state index in [1.54, 1.807) is 18.0 Å². The lowest BCUT2D eigenvalue weighted by molar-refractivity contribution is 0.482. The zero-order valence-corrected chi connectivity index (χ0v) is 13.8. The van der Waals surface area contributed by atoms with Crippen molar-refractivity contribution in [2.75, 3.05) is 13.3 Å². The highest BCUT2D eigenvalue weighted by Crippen LogP contribution is 2.34. The quantitative estimate of drug-likeness (QED) is 0.842. The lowest BCUT2D eigenvalue weighted by Crippen LogP contribution is -2.23. The average Bonchev–Trinajstić information content (AvgIpc) is 2.83. The summed E-state index contributed by atoms with van der Waals surface area (Å²) >= 11 is 8.12. The maximum absolute atomic E-state index is 6.38. The molecule has 0 amide bonds. The number of hydrogen-bond acceptors (Lipinski definition) is 3. The molecule has 5 heteroatoms.